The number of carbonyl (C=O) groups excluding carboxylic acids is 3. The fourth-order valence-electron chi connectivity index (χ4n) is 7.10. The third-order valence-electron chi connectivity index (χ3n) is 8.83. The van der Waals surface area contributed by atoms with Gasteiger partial charge in [-0.2, -0.15) is 0 Å². The van der Waals surface area contributed by atoms with E-state index in [1.54, 1.807) is 40.9 Å². The predicted octanol–water partition coefficient (Wildman–Crippen LogP) is 4.86. The Morgan fingerprint density at radius 3 is 2.34 bits per heavy atom. The summed E-state index contributed by atoms with van der Waals surface area (Å²) in [6.07, 6.45) is 1.10. The molecule has 3 N–H and O–H groups in total. The van der Waals surface area contributed by atoms with E-state index in [9.17, 15) is 19.5 Å². The second-order valence-corrected chi connectivity index (χ2v) is 13.1. The highest BCUT2D eigenvalue weighted by Crippen LogP contribution is 2.69. The van der Waals surface area contributed by atoms with E-state index in [2.05, 4.69) is 17.6 Å². The zero-order chi connectivity index (χ0) is 28.7. The summed E-state index contributed by atoms with van der Waals surface area (Å²) in [5, 5.41) is 16.9. The maximum Gasteiger partial charge on any atom is 0.248 e. The fraction of sp³-hybridized carbons (Fsp3) is 0.344. The minimum atomic E-state index is -0.892. The van der Waals surface area contributed by atoms with E-state index >= 15 is 0 Å². The van der Waals surface area contributed by atoms with Crippen LogP contribution in [0, 0.1) is 17.8 Å². The van der Waals surface area contributed by atoms with Crippen molar-refractivity contribution in [2.24, 2.45) is 17.8 Å². The molecule has 2 bridgehead atoms. The number of aliphatic hydroxyl groups excluding tert-OH is 1. The molecule has 7 atom stereocenters. The first-order valence-electron chi connectivity index (χ1n) is 13.9. The number of nitrogens with zero attached hydrogens (tertiary/aromatic N) is 1. The topological polar surface area (TPSA) is 98.7 Å². The van der Waals surface area contributed by atoms with E-state index in [1.165, 1.54) is 0 Å². The molecule has 0 aromatic heterocycles. The average molecular weight is 590 g/mol. The second-order valence-electron chi connectivity index (χ2n) is 11.1. The molecule has 3 aromatic carbocycles. The van der Waals surface area contributed by atoms with Crippen LogP contribution in [0.2, 0.25) is 5.02 Å². The van der Waals surface area contributed by atoms with Gasteiger partial charge in [-0.25, -0.2) is 0 Å². The van der Waals surface area contributed by atoms with Gasteiger partial charge in [0.1, 0.15) is 6.04 Å². The number of fused-ring (bicyclic) bond motifs is 1. The summed E-state index contributed by atoms with van der Waals surface area (Å²) in [6, 6.07) is 24.3. The van der Waals surface area contributed by atoms with Crippen LogP contribution in [0.5, 0.6) is 0 Å². The van der Waals surface area contributed by atoms with Crippen LogP contribution in [-0.2, 0) is 20.8 Å². The molecule has 3 saturated heterocycles. The zero-order valence-corrected chi connectivity index (χ0v) is 24.1. The molecule has 3 aliphatic heterocycles. The van der Waals surface area contributed by atoms with Crippen molar-refractivity contribution in [1.29, 1.82) is 0 Å². The van der Waals surface area contributed by atoms with Gasteiger partial charge >= 0.3 is 0 Å². The van der Waals surface area contributed by atoms with Crippen LogP contribution in [0.4, 0.5) is 11.4 Å². The molecular formula is C32H32ClN3O4S. The summed E-state index contributed by atoms with van der Waals surface area (Å²) in [7, 11) is 0. The molecule has 1 spiro atoms. The van der Waals surface area contributed by atoms with Crippen molar-refractivity contribution >= 4 is 52.5 Å². The molecule has 3 amide bonds. The average Bonchev–Trinajstić information content (AvgIpc) is 3.57. The van der Waals surface area contributed by atoms with Crippen LogP contribution in [0.25, 0.3) is 0 Å². The van der Waals surface area contributed by atoms with Gasteiger partial charge in [-0.1, -0.05) is 79.2 Å². The lowest BCUT2D eigenvalue weighted by Gasteiger charge is -2.40. The number of aliphatic hydroxyl groups is 1. The van der Waals surface area contributed by atoms with E-state index < -0.39 is 28.7 Å². The molecule has 7 nitrogen and oxygen atoms in total. The summed E-state index contributed by atoms with van der Waals surface area (Å²) < 4.78 is -0.824. The number of carbonyl (C=O) groups is 3. The number of halogens is 1. The lowest BCUT2D eigenvalue weighted by Crippen LogP contribution is -2.57. The first-order chi connectivity index (χ1) is 19.8. The molecule has 3 unspecified atom stereocenters. The van der Waals surface area contributed by atoms with E-state index in [1.807, 2.05) is 60.7 Å². The zero-order valence-electron chi connectivity index (χ0n) is 22.6. The number of benzene rings is 3. The van der Waals surface area contributed by atoms with Gasteiger partial charge in [0.05, 0.1) is 39.9 Å². The molecular weight excluding hydrogens is 558 g/mol. The number of likely N-dealkylation sites (tertiary alicyclic amines) is 1. The Bertz CT molecular complexity index is 1460. The Hall–Kier alpha value is -3.33. The summed E-state index contributed by atoms with van der Waals surface area (Å²) >= 11 is 8.00. The third kappa shape index (κ3) is 4.72. The summed E-state index contributed by atoms with van der Waals surface area (Å²) in [4.78, 5) is 44.2. The van der Waals surface area contributed by atoms with E-state index in [4.69, 9.17) is 11.6 Å². The Kier molecular flexibility index (Phi) is 7.57. The van der Waals surface area contributed by atoms with Gasteiger partial charge in [0, 0.05) is 10.9 Å². The Labute approximate surface area is 248 Å². The Morgan fingerprint density at radius 1 is 1.00 bits per heavy atom. The van der Waals surface area contributed by atoms with Gasteiger partial charge in [0.15, 0.2) is 0 Å². The number of hydrogen-bond donors (Lipinski definition) is 3. The van der Waals surface area contributed by atoms with E-state index in [0.717, 1.165) is 5.56 Å². The van der Waals surface area contributed by atoms with Crippen molar-refractivity contribution in [3.8, 4) is 0 Å². The highest BCUT2D eigenvalue weighted by Gasteiger charge is 2.76. The largest absolute Gasteiger partial charge is 0.394 e. The highest BCUT2D eigenvalue weighted by molar-refractivity contribution is 8.02. The molecule has 212 valence electrons. The SMILES string of the molecule is CC1C[C@H]2SC13C(C(=O)Nc1ccccc1Cl)N([C@@H](CO)Cc1ccccc1)C(=O)[C@@H]3[C@H]2C(=O)Nc1ccccc1. The van der Waals surface area contributed by atoms with Crippen molar-refractivity contribution in [1.82, 2.24) is 4.90 Å². The van der Waals surface area contributed by atoms with Crippen LogP contribution in [0.15, 0.2) is 84.9 Å². The van der Waals surface area contributed by atoms with Crippen molar-refractivity contribution in [3.63, 3.8) is 0 Å². The standard InChI is InChI=1S/C32H32ClN3O4S/c1-19-16-25-26(29(38)34-21-12-6-3-7-13-21)27-31(40)36(22(18-37)17-20-10-4-2-5-11-20)28(32(19,27)41-25)30(39)35-24-15-9-8-14-23(24)33/h2-15,19,22,25-28,37H,16-18H2,1H3,(H,34,38)(H,35,39)/t19?,22-,25-,26+,27+,28?,32?/m1/s1. The quantitative estimate of drug-likeness (QED) is 0.349. The molecule has 3 aliphatic rings. The second kappa shape index (κ2) is 11.2. The number of thioether (sulfide) groups is 1. The van der Waals surface area contributed by atoms with E-state index in [-0.39, 0.29) is 35.5 Å². The molecule has 9 heteroatoms. The molecule has 3 aromatic rings. The molecule has 3 fully saturated rings. The van der Waals surface area contributed by atoms with Crippen LogP contribution in [0.1, 0.15) is 18.9 Å². The van der Waals surface area contributed by atoms with Gasteiger partial charge in [0.25, 0.3) is 0 Å². The van der Waals surface area contributed by atoms with Crippen molar-refractivity contribution in [2.75, 3.05) is 17.2 Å². The number of rotatable bonds is 8. The van der Waals surface area contributed by atoms with Crippen LogP contribution in [-0.4, -0.2) is 56.4 Å². The molecule has 0 radical (unpaired) electrons. The molecule has 0 saturated carbocycles. The van der Waals surface area contributed by atoms with Crippen LogP contribution in [0.3, 0.4) is 0 Å². The normalized spacial score (nSPS) is 28.8. The number of hydrogen-bond acceptors (Lipinski definition) is 5. The Morgan fingerprint density at radius 2 is 1.66 bits per heavy atom. The number of amides is 3. The van der Waals surface area contributed by atoms with Gasteiger partial charge in [-0.3, -0.25) is 14.4 Å². The van der Waals surface area contributed by atoms with Crippen molar-refractivity contribution in [2.45, 2.75) is 41.8 Å². The molecule has 3 heterocycles. The van der Waals surface area contributed by atoms with Gasteiger partial charge in [0.2, 0.25) is 17.7 Å². The summed E-state index contributed by atoms with van der Waals surface area (Å²) in [5.41, 5.74) is 2.07. The molecule has 41 heavy (non-hydrogen) atoms. The number of para-hydroxylation sites is 2. The van der Waals surface area contributed by atoms with Gasteiger partial charge in [-0.05, 0) is 48.6 Å². The van der Waals surface area contributed by atoms with Gasteiger partial charge in [-0.15, -0.1) is 11.8 Å². The first-order valence-corrected chi connectivity index (χ1v) is 15.2. The molecule has 0 aliphatic carbocycles. The predicted molar refractivity (Wildman–Crippen MR) is 162 cm³/mol. The summed E-state index contributed by atoms with van der Waals surface area (Å²) in [6.45, 7) is 1.76. The maximum absolute atomic E-state index is 14.5. The van der Waals surface area contributed by atoms with Crippen LogP contribution < -0.4 is 10.6 Å². The van der Waals surface area contributed by atoms with Crippen molar-refractivity contribution < 1.29 is 19.5 Å². The summed E-state index contributed by atoms with van der Waals surface area (Å²) in [5.74, 6) is -2.12. The van der Waals surface area contributed by atoms with Crippen LogP contribution >= 0.6 is 23.4 Å². The fourth-order valence-corrected chi connectivity index (χ4v) is 9.69. The minimum Gasteiger partial charge on any atom is -0.394 e. The molecule has 6 rings (SSSR count). The minimum absolute atomic E-state index is 0.00436. The third-order valence-corrected chi connectivity index (χ3v) is 11.2. The van der Waals surface area contributed by atoms with E-state index in [0.29, 0.717) is 29.2 Å². The first kappa shape index (κ1) is 27.8. The monoisotopic (exact) mass is 589 g/mol. The smallest absolute Gasteiger partial charge is 0.248 e. The highest BCUT2D eigenvalue weighted by atomic mass is 35.5. The lowest BCUT2D eigenvalue weighted by atomic mass is 9.66. The Balaban J connectivity index is 1.40. The van der Waals surface area contributed by atoms with Gasteiger partial charge < -0.3 is 20.6 Å². The number of nitrogens with one attached hydrogen (secondary N) is 2. The number of anilines is 2. The van der Waals surface area contributed by atoms with Crippen molar-refractivity contribution in [3.05, 3.63) is 95.5 Å². The maximum atomic E-state index is 14.5. The lowest BCUT2D eigenvalue weighted by molar-refractivity contribution is -0.141.